The van der Waals surface area contributed by atoms with Crippen LogP contribution in [0.25, 0.3) is 0 Å². The Morgan fingerprint density at radius 1 is 1.08 bits per heavy atom. The van der Waals surface area contributed by atoms with E-state index < -0.39 is 0 Å². The normalized spacial score (nSPS) is 25.8. The highest BCUT2D eigenvalue weighted by Gasteiger charge is 2.34. The number of rotatable bonds is 4. The second-order valence-electron chi connectivity index (χ2n) is 7.62. The maximum Gasteiger partial charge on any atom is 0.263 e. The SMILES string of the molecule is O=C(NC1CC1)[C@@H]1CCCN(C2CCN(C(=O)c3cccs3)CC2)C1. The average Bonchev–Trinajstić information content (AvgIpc) is 3.30. The van der Waals surface area contributed by atoms with E-state index >= 15 is 0 Å². The molecule has 4 rings (SSSR count). The third-order valence-electron chi connectivity index (χ3n) is 5.75. The Morgan fingerprint density at radius 3 is 2.56 bits per heavy atom. The molecule has 25 heavy (non-hydrogen) atoms. The molecule has 0 radical (unpaired) electrons. The Morgan fingerprint density at radius 2 is 1.88 bits per heavy atom. The van der Waals surface area contributed by atoms with Crippen molar-refractivity contribution in [2.45, 2.75) is 50.6 Å². The number of carbonyl (C=O) groups is 2. The lowest BCUT2D eigenvalue weighted by atomic mass is 9.93. The topological polar surface area (TPSA) is 52.7 Å². The molecule has 1 aliphatic carbocycles. The third-order valence-corrected chi connectivity index (χ3v) is 6.61. The number of amides is 2. The Hall–Kier alpha value is -1.40. The molecule has 2 aliphatic heterocycles. The van der Waals surface area contributed by atoms with Crippen molar-refractivity contribution in [3.05, 3.63) is 22.4 Å². The second kappa shape index (κ2) is 7.46. The molecule has 1 aromatic rings. The van der Waals surface area contributed by atoms with Gasteiger partial charge in [0.1, 0.15) is 0 Å². The van der Waals surface area contributed by atoms with Crippen LogP contribution in [0.1, 0.15) is 48.2 Å². The fraction of sp³-hybridized carbons (Fsp3) is 0.684. The molecular formula is C19H27N3O2S. The first kappa shape index (κ1) is 17.0. The third kappa shape index (κ3) is 4.06. The monoisotopic (exact) mass is 361 g/mol. The van der Waals surface area contributed by atoms with E-state index in [1.807, 2.05) is 22.4 Å². The molecule has 3 heterocycles. The first-order valence-electron chi connectivity index (χ1n) is 9.58. The highest BCUT2D eigenvalue weighted by atomic mass is 32.1. The molecule has 1 N–H and O–H groups in total. The minimum atomic E-state index is 0.153. The predicted octanol–water partition coefficient (Wildman–Crippen LogP) is 2.34. The van der Waals surface area contributed by atoms with Crippen LogP contribution >= 0.6 is 11.3 Å². The predicted molar refractivity (Wildman–Crippen MR) is 98.7 cm³/mol. The van der Waals surface area contributed by atoms with Gasteiger partial charge in [-0.05, 0) is 56.5 Å². The summed E-state index contributed by atoms with van der Waals surface area (Å²) in [4.78, 5) is 30.2. The summed E-state index contributed by atoms with van der Waals surface area (Å²) in [6.07, 6.45) is 6.47. The summed E-state index contributed by atoms with van der Waals surface area (Å²) in [6, 6.07) is 4.82. The lowest BCUT2D eigenvalue weighted by molar-refractivity contribution is -0.127. The van der Waals surface area contributed by atoms with E-state index in [0.29, 0.717) is 12.1 Å². The van der Waals surface area contributed by atoms with Crippen LogP contribution in [0.4, 0.5) is 0 Å². The van der Waals surface area contributed by atoms with E-state index in [1.165, 1.54) is 11.3 Å². The largest absolute Gasteiger partial charge is 0.353 e. The molecule has 1 atom stereocenters. The fourth-order valence-electron chi connectivity index (χ4n) is 4.09. The minimum Gasteiger partial charge on any atom is -0.353 e. The number of hydrogen-bond donors (Lipinski definition) is 1. The molecule has 0 bridgehead atoms. The van der Waals surface area contributed by atoms with E-state index in [0.717, 1.165) is 69.6 Å². The molecule has 2 saturated heterocycles. The first-order chi connectivity index (χ1) is 12.2. The van der Waals surface area contributed by atoms with Gasteiger partial charge in [0.15, 0.2) is 0 Å². The average molecular weight is 362 g/mol. The summed E-state index contributed by atoms with van der Waals surface area (Å²) >= 11 is 1.52. The number of thiophene rings is 1. The summed E-state index contributed by atoms with van der Waals surface area (Å²) in [5, 5.41) is 5.13. The molecule has 3 aliphatic rings. The van der Waals surface area contributed by atoms with Crippen molar-refractivity contribution < 1.29 is 9.59 Å². The van der Waals surface area contributed by atoms with Gasteiger partial charge in [0.2, 0.25) is 5.91 Å². The molecule has 0 spiro atoms. The summed E-state index contributed by atoms with van der Waals surface area (Å²) in [5.74, 6) is 0.589. The molecule has 1 saturated carbocycles. The summed E-state index contributed by atoms with van der Waals surface area (Å²) in [7, 11) is 0. The van der Waals surface area contributed by atoms with Crippen molar-refractivity contribution >= 4 is 23.2 Å². The van der Waals surface area contributed by atoms with Crippen LogP contribution < -0.4 is 5.32 Å². The zero-order valence-corrected chi connectivity index (χ0v) is 15.5. The number of carbonyl (C=O) groups excluding carboxylic acids is 2. The number of hydrogen-bond acceptors (Lipinski definition) is 4. The first-order valence-corrected chi connectivity index (χ1v) is 10.5. The number of nitrogens with one attached hydrogen (secondary N) is 1. The van der Waals surface area contributed by atoms with Crippen molar-refractivity contribution in [3.8, 4) is 0 Å². The van der Waals surface area contributed by atoms with Gasteiger partial charge in [-0.2, -0.15) is 0 Å². The van der Waals surface area contributed by atoms with Crippen LogP contribution in [0.5, 0.6) is 0 Å². The Bertz CT molecular complexity index is 606. The molecule has 1 aromatic heterocycles. The maximum atomic E-state index is 12.5. The van der Waals surface area contributed by atoms with Gasteiger partial charge in [0.25, 0.3) is 5.91 Å². The van der Waals surface area contributed by atoms with Crippen LogP contribution in [-0.4, -0.2) is 59.9 Å². The summed E-state index contributed by atoms with van der Waals surface area (Å²) < 4.78 is 0. The van der Waals surface area contributed by atoms with Crippen molar-refractivity contribution in [3.63, 3.8) is 0 Å². The Labute approximate surface area is 153 Å². The molecule has 3 fully saturated rings. The van der Waals surface area contributed by atoms with Gasteiger partial charge in [-0.25, -0.2) is 0 Å². The standard InChI is InChI=1S/C19H27N3O2S/c23-18(20-15-5-6-15)14-3-1-9-22(13-14)16-7-10-21(11-8-16)19(24)17-4-2-12-25-17/h2,4,12,14-16H,1,3,5-11,13H2,(H,20,23)/t14-/m1/s1. The van der Waals surface area contributed by atoms with E-state index in [1.54, 1.807) is 0 Å². The summed E-state index contributed by atoms with van der Waals surface area (Å²) in [5.41, 5.74) is 0. The Kier molecular flexibility index (Phi) is 5.08. The van der Waals surface area contributed by atoms with Crippen LogP contribution in [0.3, 0.4) is 0 Å². The van der Waals surface area contributed by atoms with E-state index in [-0.39, 0.29) is 17.7 Å². The quantitative estimate of drug-likeness (QED) is 0.896. The van der Waals surface area contributed by atoms with Crippen molar-refractivity contribution in [1.82, 2.24) is 15.1 Å². The van der Waals surface area contributed by atoms with Gasteiger partial charge in [0.05, 0.1) is 10.8 Å². The van der Waals surface area contributed by atoms with Crippen molar-refractivity contribution in [2.75, 3.05) is 26.2 Å². The van der Waals surface area contributed by atoms with Crippen LogP contribution in [0, 0.1) is 5.92 Å². The van der Waals surface area contributed by atoms with Crippen molar-refractivity contribution in [2.24, 2.45) is 5.92 Å². The highest BCUT2D eigenvalue weighted by molar-refractivity contribution is 7.12. The lowest BCUT2D eigenvalue weighted by Crippen LogP contribution is -2.51. The molecule has 5 nitrogen and oxygen atoms in total. The van der Waals surface area contributed by atoms with Gasteiger partial charge in [0, 0.05) is 31.7 Å². The molecule has 0 aromatic carbocycles. The zero-order chi connectivity index (χ0) is 17.2. The molecule has 136 valence electrons. The maximum absolute atomic E-state index is 12.5. The molecular weight excluding hydrogens is 334 g/mol. The minimum absolute atomic E-state index is 0.153. The van der Waals surface area contributed by atoms with Gasteiger partial charge in [-0.3, -0.25) is 14.5 Å². The van der Waals surface area contributed by atoms with Gasteiger partial charge in [-0.1, -0.05) is 6.07 Å². The van der Waals surface area contributed by atoms with Gasteiger partial charge >= 0.3 is 0 Å². The second-order valence-corrected chi connectivity index (χ2v) is 8.57. The lowest BCUT2D eigenvalue weighted by Gasteiger charge is -2.42. The molecule has 2 amide bonds. The Balaban J connectivity index is 1.28. The van der Waals surface area contributed by atoms with E-state index in [9.17, 15) is 9.59 Å². The van der Waals surface area contributed by atoms with Crippen molar-refractivity contribution in [1.29, 1.82) is 0 Å². The van der Waals surface area contributed by atoms with E-state index in [2.05, 4.69) is 10.2 Å². The van der Waals surface area contributed by atoms with Crippen LogP contribution in [0.2, 0.25) is 0 Å². The highest BCUT2D eigenvalue weighted by Crippen LogP contribution is 2.26. The van der Waals surface area contributed by atoms with Gasteiger partial charge < -0.3 is 10.2 Å². The summed E-state index contributed by atoms with van der Waals surface area (Å²) in [6.45, 7) is 3.65. The molecule has 6 heteroatoms. The van der Waals surface area contributed by atoms with Gasteiger partial charge in [-0.15, -0.1) is 11.3 Å². The smallest absolute Gasteiger partial charge is 0.263 e. The molecule has 0 unspecified atom stereocenters. The number of piperidine rings is 2. The van der Waals surface area contributed by atoms with E-state index in [4.69, 9.17) is 0 Å². The van der Waals surface area contributed by atoms with Crippen LogP contribution in [0.15, 0.2) is 17.5 Å². The number of likely N-dealkylation sites (tertiary alicyclic amines) is 2. The zero-order valence-electron chi connectivity index (χ0n) is 14.7. The fourth-order valence-corrected chi connectivity index (χ4v) is 4.78. The number of nitrogens with zero attached hydrogens (tertiary/aromatic N) is 2. The van der Waals surface area contributed by atoms with Crippen LogP contribution in [-0.2, 0) is 4.79 Å².